The Bertz CT molecular complexity index is 1290. The lowest BCUT2D eigenvalue weighted by Crippen LogP contribution is -3.00. The summed E-state index contributed by atoms with van der Waals surface area (Å²) in [6, 6.07) is 12.2. The van der Waals surface area contributed by atoms with Crippen LogP contribution in [-0.2, 0) is 13.1 Å². The number of aromatic nitrogens is 4. The topological polar surface area (TPSA) is 74.5 Å². The fourth-order valence-corrected chi connectivity index (χ4v) is 3.22. The van der Waals surface area contributed by atoms with Crippen molar-refractivity contribution in [3.8, 4) is 0 Å². The maximum atomic E-state index is 13.3. The Hall–Kier alpha value is -3.26. The fourth-order valence-electron chi connectivity index (χ4n) is 3.22. The maximum Gasteiger partial charge on any atom is 0.328 e. The van der Waals surface area contributed by atoms with E-state index < -0.39 is 17.1 Å². The van der Waals surface area contributed by atoms with Crippen LogP contribution in [0.3, 0.4) is 0 Å². The minimum absolute atomic E-state index is 0. The summed E-state index contributed by atoms with van der Waals surface area (Å²) in [5.74, 6) is -0.955. The molecule has 0 bridgehead atoms. The zero-order valence-corrected chi connectivity index (χ0v) is 17.6. The number of rotatable bonds is 6. The molecule has 154 valence electrons. The van der Waals surface area contributed by atoms with Gasteiger partial charge in [0.25, 0.3) is 5.56 Å². The first kappa shape index (κ1) is 21.4. The number of aryl methyl sites for hydroxylation is 2. The first-order valence-electron chi connectivity index (χ1n) is 9.33. The lowest BCUT2D eigenvalue weighted by Gasteiger charge is -2.03. The SMILES string of the molecule is O=c1[nH]c(=O)n(CCC[n+]2ccc(/C=C/c3c[nH]c4ccccc34)cc2)cc1F.[Br-]. The van der Waals surface area contributed by atoms with Gasteiger partial charge in [-0.2, -0.15) is 4.39 Å². The maximum absolute atomic E-state index is 13.3. The summed E-state index contributed by atoms with van der Waals surface area (Å²) in [6.07, 6.45) is 11.6. The normalized spacial score (nSPS) is 11.1. The van der Waals surface area contributed by atoms with E-state index in [0.29, 0.717) is 19.5 Å². The van der Waals surface area contributed by atoms with E-state index >= 15 is 0 Å². The zero-order chi connectivity index (χ0) is 20.2. The van der Waals surface area contributed by atoms with Crippen LogP contribution in [0.1, 0.15) is 17.5 Å². The first-order valence-corrected chi connectivity index (χ1v) is 9.33. The van der Waals surface area contributed by atoms with E-state index in [0.717, 1.165) is 22.8 Å². The molecular weight excluding hydrogens is 451 g/mol. The Labute approximate surface area is 182 Å². The molecule has 0 atom stereocenters. The summed E-state index contributed by atoms with van der Waals surface area (Å²) in [7, 11) is 0. The number of halogens is 2. The van der Waals surface area contributed by atoms with E-state index in [1.807, 2.05) is 58.5 Å². The second-order valence-electron chi connectivity index (χ2n) is 6.78. The molecule has 0 spiro atoms. The predicted octanol–water partition coefficient (Wildman–Crippen LogP) is -0.291. The second kappa shape index (κ2) is 9.49. The molecule has 3 heterocycles. The molecular formula is C22H20BrFN4O2. The highest BCUT2D eigenvalue weighted by Crippen LogP contribution is 2.19. The smallest absolute Gasteiger partial charge is 0.328 e. The van der Waals surface area contributed by atoms with Gasteiger partial charge in [-0.15, -0.1) is 0 Å². The van der Waals surface area contributed by atoms with E-state index in [1.54, 1.807) is 0 Å². The van der Waals surface area contributed by atoms with Crippen molar-refractivity contribution in [2.75, 3.05) is 0 Å². The van der Waals surface area contributed by atoms with Crippen molar-refractivity contribution in [1.29, 1.82) is 0 Å². The molecule has 0 aliphatic heterocycles. The van der Waals surface area contributed by atoms with Gasteiger partial charge in [-0.1, -0.05) is 30.4 Å². The first-order chi connectivity index (χ1) is 14.1. The molecule has 0 amide bonds. The molecule has 0 radical (unpaired) electrons. The van der Waals surface area contributed by atoms with Crippen LogP contribution in [0, 0.1) is 5.82 Å². The van der Waals surface area contributed by atoms with E-state index in [9.17, 15) is 14.0 Å². The van der Waals surface area contributed by atoms with Crippen LogP contribution < -0.4 is 32.8 Å². The average molecular weight is 471 g/mol. The summed E-state index contributed by atoms with van der Waals surface area (Å²) in [5.41, 5.74) is 1.73. The molecule has 1 aromatic carbocycles. The molecule has 0 saturated heterocycles. The summed E-state index contributed by atoms with van der Waals surface area (Å²) >= 11 is 0. The third-order valence-electron chi connectivity index (χ3n) is 4.78. The standard InChI is InChI=1S/C22H19FN4O2.BrH/c23-19-15-27(22(29)25-21(19)28)11-3-10-26-12-8-16(9-13-26)6-7-17-14-24-20-5-2-1-4-18(17)20;/h1-2,4-9,12-15H,3,10-11H2,(H,25,28,29);1H. The van der Waals surface area contributed by atoms with Gasteiger partial charge < -0.3 is 22.0 Å². The molecule has 6 nitrogen and oxygen atoms in total. The van der Waals surface area contributed by atoms with E-state index in [4.69, 9.17) is 0 Å². The largest absolute Gasteiger partial charge is 1.00 e. The molecule has 4 rings (SSSR count). The molecule has 30 heavy (non-hydrogen) atoms. The van der Waals surface area contributed by atoms with Gasteiger partial charge in [-0.3, -0.25) is 14.3 Å². The minimum atomic E-state index is -0.989. The molecule has 0 saturated carbocycles. The molecule has 0 fully saturated rings. The number of para-hydroxylation sites is 1. The Kier molecular flexibility index (Phi) is 6.79. The monoisotopic (exact) mass is 470 g/mol. The number of aromatic amines is 2. The van der Waals surface area contributed by atoms with Gasteiger partial charge in [0.05, 0.1) is 6.20 Å². The van der Waals surface area contributed by atoms with Crippen LogP contribution in [0.5, 0.6) is 0 Å². The Morgan fingerprint density at radius 1 is 1.07 bits per heavy atom. The fraction of sp³-hybridized carbons (Fsp3) is 0.136. The van der Waals surface area contributed by atoms with Crippen LogP contribution in [0.15, 0.2) is 70.8 Å². The summed E-state index contributed by atoms with van der Waals surface area (Å²) in [4.78, 5) is 27.9. The number of H-pyrrole nitrogens is 2. The number of hydrogen-bond donors (Lipinski definition) is 2. The molecule has 2 N–H and O–H groups in total. The summed E-state index contributed by atoms with van der Waals surface area (Å²) < 4.78 is 16.5. The summed E-state index contributed by atoms with van der Waals surface area (Å²) in [6.45, 7) is 0.987. The van der Waals surface area contributed by atoms with Crippen molar-refractivity contribution < 1.29 is 25.9 Å². The van der Waals surface area contributed by atoms with Gasteiger partial charge in [-0.25, -0.2) is 9.36 Å². The van der Waals surface area contributed by atoms with E-state index in [2.05, 4.69) is 23.2 Å². The number of pyridine rings is 1. The summed E-state index contributed by atoms with van der Waals surface area (Å²) in [5, 5.41) is 1.18. The van der Waals surface area contributed by atoms with Gasteiger partial charge in [-0.05, 0) is 17.2 Å². The quantitative estimate of drug-likeness (QED) is 0.380. The highest BCUT2D eigenvalue weighted by molar-refractivity contribution is 5.91. The Morgan fingerprint density at radius 3 is 2.63 bits per heavy atom. The van der Waals surface area contributed by atoms with Crippen LogP contribution in [0.2, 0.25) is 0 Å². The van der Waals surface area contributed by atoms with Crippen LogP contribution in [0.4, 0.5) is 4.39 Å². The molecule has 3 aromatic heterocycles. The van der Waals surface area contributed by atoms with Crippen molar-refractivity contribution in [3.63, 3.8) is 0 Å². The number of nitrogens with zero attached hydrogens (tertiary/aromatic N) is 2. The number of benzene rings is 1. The number of fused-ring (bicyclic) bond motifs is 1. The zero-order valence-electron chi connectivity index (χ0n) is 16.0. The average Bonchev–Trinajstić information content (AvgIpc) is 3.14. The van der Waals surface area contributed by atoms with Gasteiger partial charge in [0.15, 0.2) is 12.4 Å². The lowest BCUT2D eigenvalue weighted by molar-refractivity contribution is -0.697. The van der Waals surface area contributed by atoms with Crippen molar-refractivity contribution in [2.24, 2.45) is 0 Å². The second-order valence-corrected chi connectivity index (χ2v) is 6.78. The van der Waals surface area contributed by atoms with Gasteiger partial charge in [0.2, 0.25) is 5.82 Å². The van der Waals surface area contributed by atoms with Crippen LogP contribution in [0.25, 0.3) is 23.1 Å². The highest BCUT2D eigenvalue weighted by atomic mass is 79.9. The van der Waals surface area contributed by atoms with Crippen molar-refractivity contribution in [3.05, 3.63) is 99.0 Å². The molecule has 0 aliphatic carbocycles. The number of hydrogen-bond acceptors (Lipinski definition) is 2. The van der Waals surface area contributed by atoms with Gasteiger partial charge in [0, 0.05) is 42.2 Å². The van der Waals surface area contributed by atoms with Crippen LogP contribution in [-0.4, -0.2) is 14.5 Å². The Morgan fingerprint density at radius 2 is 1.83 bits per heavy atom. The number of nitrogens with one attached hydrogen (secondary N) is 2. The van der Waals surface area contributed by atoms with Crippen molar-refractivity contribution >= 4 is 23.1 Å². The predicted molar refractivity (Wildman–Crippen MR) is 110 cm³/mol. The lowest BCUT2D eigenvalue weighted by atomic mass is 10.1. The molecule has 0 unspecified atom stereocenters. The van der Waals surface area contributed by atoms with E-state index in [1.165, 1.54) is 9.95 Å². The molecule has 8 heteroatoms. The third kappa shape index (κ3) is 4.83. The van der Waals surface area contributed by atoms with Crippen molar-refractivity contribution in [1.82, 2.24) is 14.5 Å². The minimum Gasteiger partial charge on any atom is -1.00 e. The third-order valence-corrected chi connectivity index (χ3v) is 4.78. The van der Waals surface area contributed by atoms with Crippen molar-refractivity contribution in [2.45, 2.75) is 19.5 Å². The van der Waals surface area contributed by atoms with Crippen LogP contribution >= 0.6 is 0 Å². The van der Waals surface area contributed by atoms with E-state index in [-0.39, 0.29) is 17.0 Å². The van der Waals surface area contributed by atoms with Gasteiger partial charge >= 0.3 is 5.69 Å². The molecule has 4 aromatic rings. The van der Waals surface area contributed by atoms with Gasteiger partial charge in [0.1, 0.15) is 6.54 Å². The highest BCUT2D eigenvalue weighted by Gasteiger charge is 2.06. The molecule has 0 aliphatic rings. The Balaban J connectivity index is 0.00000256.